The van der Waals surface area contributed by atoms with Crippen LogP contribution < -0.4 is 4.90 Å². The molecule has 1 heterocycles. The Morgan fingerprint density at radius 1 is 0.974 bits per heavy atom. The minimum atomic E-state index is -4.48. The van der Waals surface area contributed by atoms with E-state index < -0.39 is 36.0 Å². The fourth-order valence-corrected chi connectivity index (χ4v) is 4.89. The van der Waals surface area contributed by atoms with Crippen molar-refractivity contribution >= 4 is 11.7 Å². The molecule has 1 N–H and O–H groups in total. The fraction of sp³-hybridized carbons (Fsp3) is 0.345. The number of anilines is 1. The number of carboxylic acids is 1. The van der Waals surface area contributed by atoms with E-state index in [2.05, 4.69) is 0 Å². The molecular formula is C29H27F6NO2. The lowest BCUT2D eigenvalue weighted by molar-refractivity contribution is -0.138. The van der Waals surface area contributed by atoms with Crippen LogP contribution in [0.1, 0.15) is 47.9 Å². The molecule has 0 atom stereocenters. The Hall–Kier alpha value is -3.49. The summed E-state index contributed by atoms with van der Waals surface area (Å²) in [6, 6.07) is 14.3. The standard InChI is InChI=1S/C29H27F6NO2/c30-23-13-10-21(26(17-23)36-15-14-28(31,32)18-36)16-25-19(4-1-2-7-27(37)38)5-3-6-24(25)20-8-11-22(12-9-20)29(33,34)35/h3,5-6,8-13,17H,1-2,4,7,14-16,18H2,(H,37,38). The van der Waals surface area contributed by atoms with Crippen LogP contribution in [-0.2, 0) is 23.8 Å². The first kappa shape index (κ1) is 27.5. The fourth-order valence-electron chi connectivity index (χ4n) is 4.89. The zero-order valence-electron chi connectivity index (χ0n) is 20.5. The first-order valence-corrected chi connectivity index (χ1v) is 12.3. The number of carboxylic acid groups (broad SMARTS) is 1. The minimum Gasteiger partial charge on any atom is -0.481 e. The predicted molar refractivity (Wildman–Crippen MR) is 133 cm³/mol. The molecule has 1 aliphatic rings. The molecule has 0 saturated carbocycles. The third kappa shape index (κ3) is 6.68. The molecule has 0 spiro atoms. The van der Waals surface area contributed by atoms with Gasteiger partial charge in [0, 0.05) is 31.5 Å². The first-order chi connectivity index (χ1) is 17.9. The number of benzene rings is 3. The molecule has 0 bridgehead atoms. The molecule has 0 amide bonds. The Balaban J connectivity index is 1.74. The van der Waals surface area contributed by atoms with Crippen molar-refractivity contribution in [3.8, 4) is 11.1 Å². The summed E-state index contributed by atoms with van der Waals surface area (Å²) < 4.78 is 81.6. The zero-order chi connectivity index (χ0) is 27.5. The number of nitrogens with zero attached hydrogens (tertiary/aromatic N) is 1. The van der Waals surface area contributed by atoms with E-state index in [-0.39, 0.29) is 25.8 Å². The minimum absolute atomic E-state index is 0.0131. The summed E-state index contributed by atoms with van der Waals surface area (Å²) in [5, 5.41) is 8.96. The van der Waals surface area contributed by atoms with Crippen LogP contribution in [0.4, 0.5) is 32.0 Å². The third-order valence-corrected chi connectivity index (χ3v) is 6.81. The molecule has 1 aliphatic heterocycles. The van der Waals surface area contributed by atoms with Crippen LogP contribution in [0, 0.1) is 5.82 Å². The molecule has 0 unspecified atom stereocenters. The molecule has 0 aliphatic carbocycles. The number of halogens is 6. The lowest BCUT2D eigenvalue weighted by Crippen LogP contribution is -2.26. The quantitative estimate of drug-likeness (QED) is 0.225. The Kier molecular flexibility index (Phi) is 8.04. The number of hydrogen-bond donors (Lipinski definition) is 1. The highest BCUT2D eigenvalue weighted by molar-refractivity contribution is 5.71. The number of hydrogen-bond acceptors (Lipinski definition) is 2. The van der Waals surface area contributed by atoms with Gasteiger partial charge in [-0.3, -0.25) is 4.79 Å². The number of rotatable bonds is 9. The molecule has 38 heavy (non-hydrogen) atoms. The van der Waals surface area contributed by atoms with E-state index in [1.807, 2.05) is 6.07 Å². The maximum Gasteiger partial charge on any atom is 0.416 e. The molecule has 9 heteroatoms. The second kappa shape index (κ2) is 11.1. The van der Waals surface area contributed by atoms with Crippen LogP contribution in [0.25, 0.3) is 11.1 Å². The zero-order valence-corrected chi connectivity index (χ0v) is 20.5. The van der Waals surface area contributed by atoms with Gasteiger partial charge in [-0.05, 0) is 71.3 Å². The second-order valence-electron chi connectivity index (χ2n) is 9.60. The van der Waals surface area contributed by atoms with Crippen LogP contribution in [0.3, 0.4) is 0 Å². The topological polar surface area (TPSA) is 40.5 Å². The molecule has 3 aromatic carbocycles. The van der Waals surface area contributed by atoms with Crippen LogP contribution in [0.15, 0.2) is 60.7 Å². The monoisotopic (exact) mass is 535 g/mol. The van der Waals surface area contributed by atoms with E-state index >= 15 is 0 Å². The Morgan fingerprint density at radius 2 is 1.71 bits per heavy atom. The molecule has 3 nitrogen and oxygen atoms in total. The van der Waals surface area contributed by atoms with Crippen molar-refractivity contribution in [3.63, 3.8) is 0 Å². The summed E-state index contributed by atoms with van der Waals surface area (Å²) in [7, 11) is 0. The Labute approximate surface area is 216 Å². The molecular weight excluding hydrogens is 508 g/mol. The van der Waals surface area contributed by atoms with Crippen molar-refractivity contribution in [3.05, 3.63) is 88.7 Å². The number of alkyl halides is 5. The maximum atomic E-state index is 14.2. The van der Waals surface area contributed by atoms with Crippen LogP contribution in [0.5, 0.6) is 0 Å². The van der Waals surface area contributed by atoms with Gasteiger partial charge in [0.25, 0.3) is 5.92 Å². The van der Waals surface area contributed by atoms with Gasteiger partial charge in [-0.25, -0.2) is 13.2 Å². The summed E-state index contributed by atoms with van der Waals surface area (Å²) in [4.78, 5) is 12.4. The van der Waals surface area contributed by atoms with Gasteiger partial charge in [0.05, 0.1) is 12.1 Å². The SMILES string of the molecule is O=C(O)CCCCc1cccc(-c2ccc(C(F)(F)F)cc2)c1Cc1ccc(F)cc1N1CCC(F)(F)C1. The highest BCUT2D eigenvalue weighted by Crippen LogP contribution is 2.37. The molecule has 0 radical (unpaired) electrons. The van der Waals surface area contributed by atoms with Crippen LogP contribution >= 0.6 is 0 Å². The number of aryl methyl sites for hydroxylation is 1. The van der Waals surface area contributed by atoms with E-state index in [9.17, 15) is 31.1 Å². The van der Waals surface area contributed by atoms with Crippen molar-refractivity contribution in [1.29, 1.82) is 0 Å². The average Bonchev–Trinajstić information content (AvgIpc) is 3.22. The van der Waals surface area contributed by atoms with Crippen LogP contribution in [0.2, 0.25) is 0 Å². The van der Waals surface area contributed by atoms with E-state index in [0.29, 0.717) is 41.6 Å². The van der Waals surface area contributed by atoms with E-state index in [1.165, 1.54) is 29.2 Å². The normalized spacial score (nSPS) is 15.2. The molecule has 202 valence electrons. The molecule has 3 aromatic rings. The van der Waals surface area contributed by atoms with Crippen molar-refractivity contribution in [1.82, 2.24) is 0 Å². The molecule has 0 aromatic heterocycles. The summed E-state index contributed by atoms with van der Waals surface area (Å²) in [5.41, 5.74) is 3.09. The highest BCUT2D eigenvalue weighted by Gasteiger charge is 2.39. The highest BCUT2D eigenvalue weighted by atomic mass is 19.4. The lowest BCUT2D eigenvalue weighted by Gasteiger charge is -2.23. The van der Waals surface area contributed by atoms with Gasteiger partial charge in [0.15, 0.2) is 0 Å². The van der Waals surface area contributed by atoms with Gasteiger partial charge in [-0.2, -0.15) is 13.2 Å². The number of aliphatic carboxylic acids is 1. The van der Waals surface area contributed by atoms with Crippen molar-refractivity contribution in [2.24, 2.45) is 0 Å². The van der Waals surface area contributed by atoms with Crippen molar-refractivity contribution < 1.29 is 36.2 Å². The third-order valence-electron chi connectivity index (χ3n) is 6.81. The molecule has 4 rings (SSSR count). The molecule has 1 fully saturated rings. The van der Waals surface area contributed by atoms with Crippen molar-refractivity contribution in [2.75, 3.05) is 18.0 Å². The van der Waals surface area contributed by atoms with E-state index in [0.717, 1.165) is 23.3 Å². The van der Waals surface area contributed by atoms with Crippen LogP contribution in [-0.4, -0.2) is 30.1 Å². The summed E-state index contributed by atoms with van der Waals surface area (Å²) in [6.07, 6.45) is -3.01. The van der Waals surface area contributed by atoms with E-state index in [1.54, 1.807) is 18.2 Å². The van der Waals surface area contributed by atoms with Gasteiger partial charge < -0.3 is 10.0 Å². The number of carbonyl (C=O) groups is 1. The van der Waals surface area contributed by atoms with Gasteiger partial charge in [-0.15, -0.1) is 0 Å². The van der Waals surface area contributed by atoms with Gasteiger partial charge in [0.2, 0.25) is 0 Å². The Morgan fingerprint density at radius 3 is 2.34 bits per heavy atom. The second-order valence-corrected chi connectivity index (χ2v) is 9.60. The summed E-state index contributed by atoms with van der Waals surface area (Å²) in [5.74, 6) is -4.33. The summed E-state index contributed by atoms with van der Waals surface area (Å²) >= 11 is 0. The van der Waals surface area contributed by atoms with Gasteiger partial charge in [0.1, 0.15) is 5.82 Å². The predicted octanol–water partition coefficient (Wildman–Crippen LogP) is 7.75. The summed E-state index contributed by atoms with van der Waals surface area (Å²) in [6.45, 7) is -0.446. The first-order valence-electron chi connectivity index (χ1n) is 12.3. The largest absolute Gasteiger partial charge is 0.481 e. The maximum absolute atomic E-state index is 14.2. The van der Waals surface area contributed by atoms with Gasteiger partial charge in [-0.1, -0.05) is 36.4 Å². The van der Waals surface area contributed by atoms with Gasteiger partial charge >= 0.3 is 12.1 Å². The van der Waals surface area contributed by atoms with E-state index in [4.69, 9.17) is 5.11 Å². The number of unbranched alkanes of at least 4 members (excludes halogenated alkanes) is 1. The average molecular weight is 536 g/mol. The Bertz CT molecular complexity index is 1290. The smallest absolute Gasteiger partial charge is 0.416 e. The molecule has 1 saturated heterocycles. The lowest BCUT2D eigenvalue weighted by atomic mass is 9.88. The van der Waals surface area contributed by atoms with Crippen molar-refractivity contribution in [2.45, 2.75) is 50.6 Å².